The van der Waals surface area contributed by atoms with E-state index < -0.39 is 14.6 Å². The van der Waals surface area contributed by atoms with Crippen LogP contribution in [0.2, 0.25) is 0 Å². The number of hydrogen-bond acceptors (Lipinski definition) is 3. The lowest BCUT2D eigenvalue weighted by molar-refractivity contribution is -0.124. The first-order valence-corrected chi connectivity index (χ1v) is 8.47. The number of carbonyl (C=O) groups excluding carboxylic acids is 1. The Morgan fingerprint density at radius 2 is 1.58 bits per heavy atom. The maximum atomic E-state index is 12.2. The molecule has 0 saturated carbocycles. The highest BCUT2D eigenvalue weighted by atomic mass is 32.2. The lowest BCUT2D eigenvalue weighted by atomic mass is 9.98. The van der Waals surface area contributed by atoms with Crippen LogP contribution in [0.15, 0.2) is 0 Å². The molecular weight excluding hydrogens is 262 g/mol. The number of carbonyl (C=O) groups is 1. The third-order valence-corrected chi connectivity index (χ3v) is 6.33. The van der Waals surface area contributed by atoms with Crippen molar-refractivity contribution in [1.82, 2.24) is 5.32 Å². The van der Waals surface area contributed by atoms with Crippen LogP contribution in [-0.4, -0.2) is 30.9 Å². The first-order valence-electron chi connectivity index (χ1n) is 6.93. The molecule has 0 spiro atoms. The third-order valence-electron chi connectivity index (χ3n) is 3.38. The third kappa shape index (κ3) is 5.13. The first kappa shape index (κ1) is 18.4. The quantitative estimate of drug-likeness (QED) is 0.783. The van der Waals surface area contributed by atoms with E-state index in [0.717, 1.165) is 0 Å². The molecule has 1 atom stereocenters. The molecule has 0 aliphatic rings. The molecule has 114 valence electrons. The van der Waals surface area contributed by atoms with Crippen molar-refractivity contribution in [1.29, 1.82) is 0 Å². The zero-order valence-corrected chi connectivity index (χ0v) is 14.1. The van der Waals surface area contributed by atoms with Gasteiger partial charge in [-0.15, -0.1) is 0 Å². The Labute approximate surface area is 118 Å². The van der Waals surface area contributed by atoms with Gasteiger partial charge >= 0.3 is 0 Å². The molecule has 0 aromatic heterocycles. The fraction of sp³-hybridized carbons (Fsp3) is 0.929. The summed E-state index contributed by atoms with van der Waals surface area (Å²) in [5.41, 5.74) is 0. The SMILES string of the molecule is CC(CNC(=O)C(C)C)CC(C)(C)S(=O)(=O)C(C)C. The summed E-state index contributed by atoms with van der Waals surface area (Å²) in [6, 6.07) is 0. The molecular formula is C14H29NO3S. The minimum absolute atomic E-state index is 0.0105. The molecule has 0 aromatic rings. The maximum absolute atomic E-state index is 12.2. The van der Waals surface area contributed by atoms with Gasteiger partial charge in [-0.2, -0.15) is 0 Å². The highest BCUT2D eigenvalue weighted by Crippen LogP contribution is 2.28. The van der Waals surface area contributed by atoms with Crippen LogP contribution in [0.5, 0.6) is 0 Å². The predicted molar refractivity (Wildman–Crippen MR) is 79.8 cm³/mol. The van der Waals surface area contributed by atoms with E-state index in [-0.39, 0.29) is 23.0 Å². The van der Waals surface area contributed by atoms with E-state index in [1.165, 1.54) is 0 Å². The van der Waals surface area contributed by atoms with Crippen molar-refractivity contribution >= 4 is 15.7 Å². The van der Waals surface area contributed by atoms with E-state index in [9.17, 15) is 13.2 Å². The van der Waals surface area contributed by atoms with Crippen LogP contribution in [0, 0.1) is 11.8 Å². The van der Waals surface area contributed by atoms with E-state index in [0.29, 0.717) is 13.0 Å². The van der Waals surface area contributed by atoms with Gasteiger partial charge in [0, 0.05) is 12.5 Å². The Morgan fingerprint density at radius 1 is 1.11 bits per heavy atom. The van der Waals surface area contributed by atoms with E-state index >= 15 is 0 Å². The smallest absolute Gasteiger partial charge is 0.222 e. The Balaban J connectivity index is 4.56. The molecule has 5 heteroatoms. The van der Waals surface area contributed by atoms with Crippen molar-refractivity contribution in [2.24, 2.45) is 11.8 Å². The van der Waals surface area contributed by atoms with Crippen molar-refractivity contribution in [3.8, 4) is 0 Å². The molecule has 4 nitrogen and oxygen atoms in total. The Hall–Kier alpha value is -0.580. The minimum atomic E-state index is -3.14. The van der Waals surface area contributed by atoms with Crippen molar-refractivity contribution in [2.45, 2.75) is 64.9 Å². The van der Waals surface area contributed by atoms with Gasteiger partial charge < -0.3 is 5.32 Å². The average molecular weight is 291 g/mol. The molecule has 0 aliphatic heterocycles. The second-order valence-electron chi connectivity index (χ2n) is 6.56. The van der Waals surface area contributed by atoms with E-state index in [1.807, 2.05) is 20.8 Å². The largest absolute Gasteiger partial charge is 0.356 e. The average Bonchev–Trinajstić information content (AvgIpc) is 2.24. The van der Waals surface area contributed by atoms with Gasteiger partial charge in [-0.25, -0.2) is 8.42 Å². The molecule has 1 N–H and O–H groups in total. The summed E-state index contributed by atoms with van der Waals surface area (Å²) in [5, 5.41) is 2.48. The number of sulfone groups is 1. The molecule has 1 unspecified atom stereocenters. The fourth-order valence-corrected chi connectivity index (χ4v) is 3.94. The van der Waals surface area contributed by atoms with Crippen molar-refractivity contribution in [3.63, 3.8) is 0 Å². The highest BCUT2D eigenvalue weighted by Gasteiger charge is 2.37. The topological polar surface area (TPSA) is 63.2 Å². The second-order valence-corrected chi connectivity index (χ2v) is 9.70. The molecule has 19 heavy (non-hydrogen) atoms. The number of rotatable bonds is 7. The minimum Gasteiger partial charge on any atom is -0.356 e. The Kier molecular flexibility index (Phi) is 6.52. The molecule has 0 fully saturated rings. The summed E-state index contributed by atoms with van der Waals surface area (Å²) >= 11 is 0. The summed E-state index contributed by atoms with van der Waals surface area (Å²) in [7, 11) is -3.14. The van der Waals surface area contributed by atoms with Gasteiger partial charge in [0.15, 0.2) is 9.84 Å². The van der Waals surface area contributed by atoms with Crippen molar-refractivity contribution < 1.29 is 13.2 Å². The molecule has 0 aromatic carbocycles. The Morgan fingerprint density at radius 3 is 1.95 bits per heavy atom. The standard InChI is InChI=1S/C14H29NO3S/c1-10(2)13(16)15-9-12(5)8-14(6,7)19(17,18)11(3)4/h10-12H,8-9H2,1-7H3,(H,15,16). The van der Waals surface area contributed by atoms with Gasteiger partial charge in [-0.3, -0.25) is 4.79 Å². The summed E-state index contributed by atoms with van der Waals surface area (Å²) in [4.78, 5) is 11.5. The van der Waals surface area contributed by atoms with Crippen LogP contribution in [0.3, 0.4) is 0 Å². The predicted octanol–water partition coefficient (Wildman–Crippen LogP) is 2.39. The lowest BCUT2D eigenvalue weighted by Crippen LogP contribution is -2.41. The number of hydrogen-bond donors (Lipinski definition) is 1. The highest BCUT2D eigenvalue weighted by molar-refractivity contribution is 7.93. The van der Waals surface area contributed by atoms with Gasteiger partial charge in [0.05, 0.1) is 10.00 Å². The normalized spacial score (nSPS) is 14.8. The summed E-state index contributed by atoms with van der Waals surface area (Å²) in [6.45, 7) is 13.1. The van der Waals surface area contributed by atoms with E-state index in [1.54, 1.807) is 27.7 Å². The first-order chi connectivity index (χ1) is 8.41. The maximum Gasteiger partial charge on any atom is 0.222 e. The van der Waals surface area contributed by atoms with Crippen LogP contribution >= 0.6 is 0 Å². The summed E-state index contributed by atoms with van der Waals surface area (Å²) < 4.78 is 23.7. The van der Waals surface area contributed by atoms with Crippen molar-refractivity contribution in [3.05, 3.63) is 0 Å². The summed E-state index contributed by atoms with van der Waals surface area (Å²) in [5.74, 6) is 0.0993. The van der Waals surface area contributed by atoms with Gasteiger partial charge in [0.25, 0.3) is 0 Å². The van der Waals surface area contributed by atoms with E-state index in [4.69, 9.17) is 0 Å². The number of amides is 1. The lowest BCUT2D eigenvalue weighted by Gasteiger charge is -2.30. The van der Waals surface area contributed by atoms with Gasteiger partial charge in [-0.1, -0.05) is 20.8 Å². The zero-order valence-electron chi connectivity index (χ0n) is 13.3. The number of nitrogens with one attached hydrogen (secondary N) is 1. The molecule has 0 rings (SSSR count). The van der Waals surface area contributed by atoms with Crippen LogP contribution in [0.1, 0.15) is 54.9 Å². The van der Waals surface area contributed by atoms with Gasteiger partial charge in [0.1, 0.15) is 0 Å². The van der Waals surface area contributed by atoms with Crippen molar-refractivity contribution in [2.75, 3.05) is 6.54 Å². The molecule has 0 saturated heterocycles. The van der Waals surface area contributed by atoms with Crippen LogP contribution < -0.4 is 5.32 Å². The second kappa shape index (κ2) is 6.73. The van der Waals surface area contributed by atoms with Crippen LogP contribution in [-0.2, 0) is 14.6 Å². The molecule has 1 amide bonds. The molecule has 0 aliphatic carbocycles. The van der Waals surface area contributed by atoms with Gasteiger partial charge in [-0.05, 0) is 40.0 Å². The van der Waals surface area contributed by atoms with E-state index in [2.05, 4.69) is 5.32 Å². The van der Waals surface area contributed by atoms with Crippen LogP contribution in [0.4, 0.5) is 0 Å². The Bertz CT molecular complexity index is 397. The monoisotopic (exact) mass is 291 g/mol. The molecule has 0 radical (unpaired) electrons. The van der Waals surface area contributed by atoms with Crippen LogP contribution in [0.25, 0.3) is 0 Å². The zero-order chi connectivity index (χ0) is 15.4. The van der Waals surface area contributed by atoms with Gasteiger partial charge in [0.2, 0.25) is 5.91 Å². The molecule has 0 heterocycles. The fourth-order valence-electron chi connectivity index (χ4n) is 2.14. The molecule has 0 bridgehead atoms. The summed E-state index contributed by atoms with van der Waals surface area (Å²) in [6.07, 6.45) is 0.548.